The molecule has 27 heavy (non-hydrogen) atoms. The molecule has 0 saturated carbocycles. The van der Waals surface area contributed by atoms with Crippen molar-refractivity contribution in [3.63, 3.8) is 0 Å². The summed E-state index contributed by atoms with van der Waals surface area (Å²) in [5.41, 5.74) is 5.56. The first kappa shape index (κ1) is 25.1. The lowest BCUT2D eigenvalue weighted by Gasteiger charge is -2.27. The Labute approximate surface area is 162 Å². The van der Waals surface area contributed by atoms with Gasteiger partial charge in [-0.15, -0.1) is 0 Å². The van der Waals surface area contributed by atoms with Crippen molar-refractivity contribution in [3.8, 4) is 0 Å². The fourth-order valence-electron chi connectivity index (χ4n) is 1.97. The second-order valence-electron chi connectivity index (χ2n) is 6.33. The summed E-state index contributed by atoms with van der Waals surface area (Å²) in [5, 5.41) is 34.4. The Kier molecular flexibility index (Phi) is 10.9. The molecule has 0 aromatic carbocycles. The predicted octanol–water partition coefficient (Wildman–Crippen LogP) is -3.19. The number of aliphatic hydroxyl groups is 2. The van der Waals surface area contributed by atoms with Gasteiger partial charge in [-0.25, -0.2) is 4.79 Å². The second kappa shape index (κ2) is 11.7. The van der Waals surface area contributed by atoms with Crippen LogP contribution in [0.15, 0.2) is 0 Å². The van der Waals surface area contributed by atoms with E-state index in [1.165, 1.54) is 6.92 Å². The number of nitrogens with two attached hydrogens (primary N) is 1. The summed E-state index contributed by atoms with van der Waals surface area (Å²) in [5.74, 6) is -4.16. The third-order valence-electron chi connectivity index (χ3n) is 3.64. The zero-order valence-corrected chi connectivity index (χ0v) is 16.3. The first-order valence-electron chi connectivity index (χ1n) is 8.25. The molecule has 0 fully saturated rings. The first-order valence-corrected chi connectivity index (χ1v) is 8.88. The largest absolute Gasteiger partial charge is 0.480 e. The highest BCUT2D eigenvalue weighted by atomic mass is 32.1. The molecule has 3 amide bonds. The van der Waals surface area contributed by atoms with Gasteiger partial charge in [-0.1, -0.05) is 13.8 Å². The summed E-state index contributed by atoms with van der Waals surface area (Å²) in [6.07, 6.45) is -1.37. The van der Waals surface area contributed by atoms with Gasteiger partial charge >= 0.3 is 5.97 Å². The van der Waals surface area contributed by atoms with Gasteiger partial charge in [-0.2, -0.15) is 12.6 Å². The molecule has 5 unspecified atom stereocenters. The summed E-state index contributed by atoms with van der Waals surface area (Å²) < 4.78 is 0. The van der Waals surface area contributed by atoms with E-state index in [9.17, 15) is 24.3 Å². The number of rotatable bonds is 11. The highest BCUT2D eigenvalue weighted by molar-refractivity contribution is 7.80. The Morgan fingerprint density at radius 3 is 1.81 bits per heavy atom. The maximum atomic E-state index is 12.5. The van der Waals surface area contributed by atoms with Gasteiger partial charge in [0.15, 0.2) is 0 Å². The van der Waals surface area contributed by atoms with E-state index in [0.29, 0.717) is 0 Å². The fourth-order valence-corrected chi connectivity index (χ4v) is 2.14. The molecule has 0 heterocycles. The van der Waals surface area contributed by atoms with Gasteiger partial charge < -0.3 is 37.0 Å². The van der Waals surface area contributed by atoms with Gasteiger partial charge in [0.1, 0.15) is 18.1 Å². The highest BCUT2D eigenvalue weighted by Crippen LogP contribution is 2.05. The minimum atomic E-state index is -1.59. The van der Waals surface area contributed by atoms with Crippen molar-refractivity contribution in [1.29, 1.82) is 0 Å². The zero-order valence-electron chi connectivity index (χ0n) is 15.4. The van der Waals surface area contributed by atoms with Crippen LogP contribution in [0.3, 0.4) is 0 Å². The van der Waals surface area contributed by atoms with Crippen LogP contribution >= 0.6 is 12.6 Å². The number of aliphatic carboxylic acids is 1. The van der Waals surface area contributed by atoms with Crippen molar-refractivity contribution in [3.05, 3.63) is 0 Å². The second-order valence-corrected chi connectivity index (χ2v) is 6.69. The van der Waals surface area contributed by atoms with E-state index in [4.69, 9.17) is 15.9 Å². The van der Waals surface area contributed by atoms with Gasteiger partial charge in [0.2, 0.25) is 17.7 Å². The normalized spacial score (nSPS) is 16.6. The van der Waals surface area contributed by atoms with E-state index in [0.717, 1.165) is 0 Å². The zero-order chi connectivity index (χ0) is 21.3. The highest BCUT2D eigenvalue weighted by Gasteiger charge is 2.33. The molecule has 8 N–H and O–H groups in total. The Morgan fingerprint density at radius 2 is 1.44 bits per heavy atom. The molecule has 11 nitrogen and oxygen atoms in total. The summed E-state index contributed by atoms with van der Waals surface area (Å²) in [6, 6.07) is -5.07. The number of thiol groups is 1. The van der Waals surface area contributed by atoms with Gasteiger partial charge in [0, 0.05) is 5.75 Å². The van der Waals surface area contributed by atoms with Crippen LogP contribution in [0.4, 0.5) is 0 Å². The Morgan fingerprint density at radius 1 is 0.963 bits per heavy atom. The molecule has 0 aromatic rings. The van der Waals surface area contributed by atoms with Crippen LogP contribution in [0.5, 0.6) is 0 Å². The molecule has 0 bridgehead atoms. The topological polar surface area (TPSA) is 191 Å². The van der Waals surface area contributed by atoms with Crippen LogP contribution in [0.1, 0.15) is 20.8 Å². The molecule has 0 aliphatic rings. The van der Waals surface area contributed by atoms with Crippen LogP contribution in [0, 0.1) is 5.92 Å². The third kappa shape index (κ3) is 8.12. The Balaban J connectivity index is 5.24. The lowest BCUT2D eigenvalue weighted by Crippen LogP contribution is -2.61. The van der Waals surface area contributed by atoms with Crippen molar-refractivity contribution in [2.75, 3.05) is 12.4 Å². The summed E-state index contributed by atoms with van der Waals surface area (Å²) >= 11 is 3.91. The number of carboxylic acids is 1. The molecule has 5 atom stereocenters. The van der Waals surface area contributed by atoms with E-state index in [2.05, 4.69) is 23.3 Å². The van der Waals surface area contributed by atoms with E-state index in [-0.39, 0.29) is 11.7 Å². The summed E-state index contributed by atoms with van der Waals surface area (Å²) in [7, 11) is 0. The maximum absolute atomic E-state index is 12.5. The standard InChI is InChI=1S/C15H28N4O7S/c1-6(2)10(18-12(22)8(16)5-27)13(23)19-11(7(3)21)14(24)17-9(4-20)15(25)26/h6-11,20-21,27H,4-5,16H2,1-3H3,(H,17,24)(H,18,22)(H,19,23)(H,25,26). The average molecular weight is 408 g/mol. The van der Waals surface area contributed by atoms with Gasteiger partial charge in [0.05, 0.1) is 18.8 Å². The average Bonchev–Trinajstić information content (AvgIpc) is 2.59. The van der Waals surface area contributed by atoms with E-state index >= 15 is 0 Å². The molecule has 0 saturated heterocycles. The van der Waals surface area contributed by atoms with Gasteiger partial charge in [-0.3, -0.25) is 14.4 Å². The lowest BCUT2D eigenvalue weighted by molar-refractivity contribution is -0.144. The molecule has 0 spiro atoms. The number of carbonyl (C=O) groups is 4. The summed E-state index contributed by atoms with van der Waals surface area (Å²) in [6.45, 7) is 3.66. The van der Waals surface area contributed by atoms with Crippen LogP contribution in [0.25, 0.3) is 0 Å². The number of amides is 3. The Bertz CT molecular complexity index is 544. The molecular formula is C15H28N4O7S. The minimum Gasteiger partial charge on any atom is -0.480 e. The number of carbonyl (C=O) groups excluding carboxylic acids is 3. The van der Waals surface area contributed by atoms with Crippen molar-refractivity contribution >= 4 is 36.3 Å². The molecule has 0 aliphatic carbocycles. The number of nitrogens with one attached hydrogen (secondary N) is 3. The molecular weight excluding hydrogens is 380 g/mol. The minimum absolute atomic E-state index is 0.0642. The first-order chi connectivity index (χ1) is 12.5. The smallest absolute Gasteiger partial charge is 0.328 e. The SMILES string of the molecule is CC(C)C(NC(=O)C(N)CS)C(=O)NC(C(=O)NC(CO)C(=O)O)C(C)O. The molecule has 0 aromatic heterocycles. The summed E-state index contributed by atoms with van der Waals surface area (Å²) in [4.78, 5) is 47.5. The fraction of sp³-hybridized carbons (Fsp3) is 0.733. The Hall–Kier alpha value is -1.89. The molecule has 0 radical (unpaired) electrons. The van der Waals surface area contributed by atoms with Crippen LogP contribution in [0.2, 0.25) is 0 Å². The van der Waals surface area contributed by atoms with E-state index in [1.54, 1.807) is 13.8 Å². The molecule has 12 heteroatoms. The third-order valence-corrected chi connectivity index (χ3v) is 4.03. The maximum Gasteiger partial charge on any atom is 0.328 e. The van der Waals surface area contributed by atoms with Crippen molar-refractivity contribution in [2.24, 2.45) is 11.7 Å². The van der Waals surface area contributed by atoms with Crippen molar-refractivity contribution < 1.29 is 34.5 Å². The van der Waals surface area contributed by atoms with Gasteiger partial charge in [-0.05, 0) is 12.8 Å². The van der Waals surface area contributed by atoms with Crippen LogP contribution < -0.4 is 21.7 Å². The number of aliphatic hydroxyl groups excluding tert-OH is 2. The molecule has 0 aliphatic heterocycles. The molecule has 156 valence electrons. The van der Waals surface area contributed by atoms with Gasteiger partial charge in [0.25, 0.3) is 0 Å². The van der Waals surface area contributed by atoms with Crippen molar-refractivity contribution in [2.45, 2.75) is 51.0 Å². The van der Waals surface area contributed by atoms with E-state index < -0.39 is 60.6 Å². The predicted molar refractivity (Wildman–Crippen MR) is 98.9 cm³/mol. The number of carboxylic acid groups (broad SMARTS) is 1. The number of hydrogen-bond donors (Lipinski definition) is 8. The quantitative estimate of drug-likeness (QED) is 0.164. The van der Waals surface area contributed by atoms with Crippen LogP contribution in [-0.2, 0) is 19.2 Å². The lowest BCUT2D eigenvalue weighted by atomic mass is 10.0. The van der Waals surface area contributed by atoms with E-state index in [1.807, 2.05) is 5.32 Å². The number of hydrogen-bond acceptors (Lipinski definition) is 8. The molecule has 0 rings (SSSR count). The van der Waals surface area contributed by atoms with Crippen molar-refractivity contribution in [1.82, 2.24) is 16.0 Å². The monoisotopic (exact) mass is 408 g/mol. The van der Waals surface area contributed by atoms with Crippen LogP contribution in [-0.4, -0.2) is 81.6 Å².